The van der Waals surface area contributed by atoms with Gasteiger partial charge in [0.05, 0.1) is 33.8 Å². The lowest BCUT2D eigenvalue weighted by molar-refractivity contribution is -0.870. The summed E-state index contributed by atoms with van der Waals surface area (Å²) in [5, 5.41) is 15.2. The molecule has 0 radical (unpaired) electrons. The molecule has 2 amide bonds. The molecule has 0 spiro atoms. The van der Waals surface area contributed by atoms with Gasteiger partial charge in [0.25, 0.3) is 0 Å². The van der Waals surface area contributed by atoms with Crippen LogP contribution < -0.4 is 23.0 Å². The Morgan fingerprint density at radius 2 is 1.62 bits per heavy atom. The number of nitrogens with zero attached hydrogens (tertiary/aromatic N) is 1. The largest absolute Gasteiger partial charge is 1.00 e. The maximum atomic E-state index is 12.6. The van der Waals surface area contributed by atoms with E-state index in [1.54, 1.807) is 6.92 Å². The fourth-order valence-corrected chi connectivity index (χ4v) is 2.87. The van der Waals surface area contributed by atoms with Crippen LogP contribution in [0.1, 0.15) is 53.9 Å². The molecule has 7 heteroatoms. The Kier molecular flexibility index (Phi) is 11.7. The minimum atomic E-state index is -0.641. The zero-order chi connectivity index (χ0) is 19.9. The predicted molar refractivity (Wildman–Crippen MR) is 102 cm³/mol. The molecular weight excluding hydrogens is 354 g/mol. The SMILES string of the molecule is CCC(C)(CC(C)(C)C(=O)NCCC[N+](C)(C)C)C(=O)NCC(C)O.[Cl-]. The number of aliphatic hydroxyl groups is 1. The van der Waals surface area contributed by atoms with E-state index in [0.717, 1.165) is 17.4 Å². The topological polar surface area (TPSA) is 78.4 Å². The van der Waals surface area contributed by atoms with Crippen LogP contribution in [0.4, 0.5) is 0 Å². The van der Waals surface area contributed by atoms with Crippen LogP contribution in [0, 0.1) is 10.8 Å². The number of carbonyl (C=O) groups is 2. The molecule has 0 aromatic heterocycles. The van der Waals surface area contributed by atoms with Crippen molar-refractivity contribution in [3.05, 3.63) is 0 Å². The third-order valence-corrected chi connectivity index (χ3v) is 4.62. The van der Waals surface area contributed by atoms with Crippen LogP contribution >= 0.6 is 0 Å². The zero-order valence-corrected chi connectivity index (χ0v) is 18.7. The number of amides is 2. The molecule has 3 N–H and O–H groups in total. The molecule has 0 aliphatic rings. The summed E-state index contributed by atoms with van der Waals surface area (Å²) < 4.78 is 0.872. The third-order valence-electron chi connectivity index (χ3n) is 4.62. The van der Waals surface area contributed by atoms with E-state index in [9.17, 15) is 14.7 Å². The van der Waals surface area contributed by atoms with Crippen LogP contribution in [0.15, 0.2) is 0 Å². The van der Waals surface area contributed by atoms with Crippen molar-refractivity contribution < 1.29 is 31.6 Å². The molecule has 0 aliphatic carbocycles. The van der Waals surface area contributed by atoms with E-state index in [2.05, 4.69) is 31.8 Å². The van der Waals surface area contributed by atoms with Crippen molar-refractivity contribution in [2.24, 2.45) is 10.8 Å². The average Bonchev–Trinajstić information content (AvgIpc) is 2.47. The van der Waals surface area contributed by atoms with Gasteiger partial charge in [-0.15, -0.1) is 0 Å². The van der Waals surface area contributed by atoms with Gasteiger partial charge < -0.3 is 32.6 Å². The van der Waals surface area contributed by atoms with Crippen LogP contribution in [0.5, 0.6) is 0 Å². The summed E-state index contributed by atoms with van der Waals surface area (Å²) in [4.78, 5) is 25.1. The molecule has 0 fully saturated rings. The molecule has 0 bridgehead atoms. The van der Waals surface area contributed by atoms with Gasteiger partial charge in [-0.1, -0.05) is 27.7 Å². The van der Waals surface area contributed by atoms with Gasteiger partial charge in [0.2, 0.25) is 11.8 Å². The number of halogens is 1. The highest BCUT2D eigenvalue weighted by molar-refractivity contribution is 5.85. The zero-order valence-electron chi connectivity index (χ0n) is 17.9. The Morgan fingerprint density at radius 3 is 2.04 bits per heavy atom. The molecule has 0 saturated heterocycles. The first-order chi connectivity index (χ1) is 11.2. The molecule has 0 heterocycles. The molecule has 0 aromatic rings. The normalized spacial score (nSPS) is 15.4. The summed E-state index contributed by atoms with van der Waals surface area (Å²) in [6.45, 7) is 11.1. The van der Waals surface area contributed by atoms with Gasteiger partial charge >= 0.3 is 0 Å². The number of hydrogen-bond acceptors (Lipinski definition) is 3. The van der Waals surface area contributed by atoms with Crippen molar-refractivity contribution in [3.63, 3.8) is 0 Å². The molecule has 2 atom stereocenters. The number of nitrogens with one attached hydrogen (secondary N) is 2. The van der Waals surface area contributed by atoms with Gasteiger partial charge in [-0.05, 0) is 19.8 Å². The third kappa shape index (κ3) is 10.3. The minimum Gasteiger partial charge on any atom is -1.00 e. The highest BCUT2D eigenvalue weighted by atomic mass is 35.5. The molecule has 0 saturated carbocycles. The molecule has 0 rings (SSSR count). The predicted octanol–water partition coefficient (Wildman–Crippen LogP) is -1.47. The number of rotatable bonds is 11. The van der Waals surface area contributed by atoms with Crippen LogP contribution in [0.2, 0.25) is 0 Å². The van der Waals surface area contributed by atoms with E-state index in [-0.39, 0.29) is 30.8 Å². The maximum Gasteiger partial charge on any atom is 0.226 e. The van der Waals surface area contributed by atoms with Crippen LogP contribution in [-0.2, 0) is 9.59 Å². The van der Waals surface area contributed by atoms with Gasteiger partial charge in [0.15, 0.2) is 0 Å². The standard InChI is InChI=1S/C19H39N3O3.ClH/c1-9-19(5,17(25)21-13-15(2)23)14-18(3,4)16(24)20-11-10-12-22(6,7)8;/h15,23H,9-14H2,1-8H3,(H-,20,21,24,25);1H. The van der Waals surface area contributed by atoms with E-state index < -0.39 is 16.9 Å². The summed E-state index contributed by atoms with van der Waals surface area (Å²) in [6.07, 6.45) is 1.44. The van der Waals surface area contributed by atoms with Crippen molar-refractivity contribution in [2.45, 2.75) is 60.0 Å². The summed E-state index contributed by atoms with van der Waals surface area (Å²) in [6, 6.07) is 0. The quantitative estimate of drug-likeness (QED) is 0.296. The smallest absolute Gasteiger partial charge is 0.226 e. The van der Waals surface area contributed by atoms with Crippen molar-refractivity contribution >= 4 is 11.8 Å². The molecular formula is C19H40ClN3O3. The average molecular weight is 394 g/mol. The lowest BCUT2D eigenvalue weighted by Crippen LogP contribution is -3.00. The number of aliphatic hydroxyl groups excluding tert-OH is 1. The van der Waals surface area contributed by atoms with Crippen LogP contribution in [-0.4, -0.2) is 68.3 Å². The number of carbonyl (C=O) groups excluding carboxylic acids is 2. The summed E-state index contributed by atoms with van der Waals surface area (Å²) in [7, 11) is 6.39. The van der Waals surface area contributed by atoms with Gasteiger partial charge in [-0.25, -0.2) is 0 Å². The molecule has 6 nitrogen and oxygen atoms in total. The maximum absolute atomic E-state index is 12.6. The van der Waals surface area contributed by atoms with E-state index in [1.165, 1.54) is 0 Å². The molecule has 156 valence electrons. The number of quaternary nitrogens is 1. The van der Waals surface area contributed by atoms with Gasteiger partial charge in [-0.2, -0.15) is 0 Å². The molecule has 2 unspecified atom stereocenters. The second kappa shape index (κ2) is 11.1. The Morgan fingerprint density at radius 1 is 1.08 bits per heavy atom. The molecule has 0 aromatic carbocycles. The van der Waals surface area contributed by atoms with Crippen molar-refractivity contribution in [3.8, 4) is 0 Å². The van der Waals surface area contributed by atoms with E-state index in [1.807, 2.05) is 27.7 Å². The number of hydrogen-bond donors (Lipinski definition) is 3. The lowest BCUT2D eigenvalue weighted by Gasteiger charge is -2.35. The fraction of sp³-hybridized carbons (Fsp3) is 0.895. The highest BCUT2D eigenvalue weighted by Crippen LogP contribution is 2.37. The Balaban J connectivity index is 0. The van der Waals surface area contributed by atoms with E-state index in [4.69, 9.17) is 0 Å². The summed E-state index contributed by atoms with van der Waals surface area (Å²) in [5.74, 6) is -0.126. The van der Waals surface area contributed by atoms with Crippen LogP contribution in [0.25, 0.3) is 0 Å². The molecule has 26 heavy (non-hydrogen) atoms. The van der Waals surface area contributed by atoms with Gasteiger partial charge in [-0.3, -0.25) is 9.59 Å². The summed E-state index contributed by atoms with van der Waals surface area (Å²) >= 11 is 0. The Hall–Kier alpha value is -0.850. The Bertz CT molecular complexity index is 448. The second-order valence-corrected chi connectivity index (χ2v) is 9.16. The van der Waals surface area contributed by atoms with Crippen molar-refractivity contribution in [1.82, 2.24) is 10.6 Å². The van der Waals surface area contributed by atoms with Crippen molar-refractivity contribution in [1.29, 1.82) is 0 Å². The van der Waals surface area contributed by atoms with Gasteiger partial charge in [0.1, 0.15) is 0 Å². The van der Waals surface area contributed by atoms with Gasteiger partial charge in [0, 0.05) is 30.3 Å². The van der Waals surface area contributed by atoms with Crippen LogP contribution in [0.3, 0.4) is 0 Å². The first-order valence-electron chi connectivity index (χ1n) is 9.28. The minimum absolute atomic E-state index is 0. The van der Waals surface area contributed by atoms with E-state index in [0.29, 0.717) is 19.4 Å². The molecule has 0 aliphatic heterocycles. The Labute approximate surface area is 166 Å². The van der Waals surface area contributed by atoms with E-state index >= 15 is 0 Å². The monoisotopic (exact) mass is 393 g/mol. The fourth-order valence-electron chi connectivity index (χ4n) is 2.87. The van der Waals surface area contributed by atoms with Crippen molar-refractivity contribution in [2.75, 3.05) is 40.8 Å². The summed E-state index contributed by atoms with van der Waals surface area (Å²) in [5.41, 5.74) is -1.28. The highest BCUT2D eigenvalue weighted by Gasteiger charge is 2.40. The first-order valence-corrected chi connectivity index (χ1v) is 9.28. The lowest BCUT2D eigenvalue weighted by atomic mass is 9.71. The second-order valence-electron chi connectivity index (χ2n) is 9.16. The first kappa shape index (κ1) is 27.4.